The van der Waals surface area contributed by atoms with Gasteiger partial charge in [0.25, 0.3) is 5.91 Å². The van der Waals surface area contributed by atoms with Gasteiger partial charge >= 0.3 is 0 Å². The first-order chi connectivity index (χ1) is 15.4. The highest BCUT2D eigenvalue weighted by molar-refractivity contribution is 7.98. The zero-order chi connectivity index (χ0) is 22.7. The number of carbonyl (C=O) groups excluding carboxylic acids is 1. The smallest absolute Gasteiger partial charge is 0.252 e. The van der Waals surface area contributed by atoms with Crippen LogP contribution < -0.4 is 4.80 Å². The van der Waals surface area contributed by atoms with Crippen LogP contribution in [0.2, 0.25) is 0 Å². The lowest BCUT2D eigenvalue weighted by Crippen LogP contribution is -2.42. The summed E-state index contributed by atoms with van der Waals surface area (Å²) in [6.45, 7) is 3.49. The number of hydrogen-bond acceptors (Lipinski definition) is 5. The number of benzene rings is 2. The molecule has 1 unspecified atom stereocenters. The number of carbonyl (C=O) groups is 1. The molecule has 1 atom stereocenters. The second kappa shape index (κ2) is 9.91. The summed E-state index contributed by atoms with van der Waals surface area (Å²) in [4.78, 5) is 19.8. The summed E-state index contributed by atoms with van der Waals surface area (Å²) in [7, 11) is -3.61. The van der Waals surface area contributed by atoms with E-state index in [-0.39, 0.29) is 17.3 Å². The Labute approximate surface area is 197 Å². The van der Waals surface area contributed by atoms with Gasteiger partial charge in [-0.3, -0.25) is 4.79 Å². The molecule has 6 nitrogen and oxygen atoms in total. The molecule has 32 heavy (non-hydrogen) atoms. The molecule has 1 saturated heterocycles. The zero-order valence-electron chi connectivity index (χ0n) is 18.2. The fourth-order valence-electron chi connectivity index (χ4n) is 3.99. The second-order valence-corrected chi connectivity index (χ2v) is 11.7. The molecule has 1 amide bonds. The van der Waals surface area contributed by atoms with Crippen molar-refractivity contribution in [2.45, 2.75) is 42.5 Å². The lowest BCUT2D eigenvalue weighted by Gasteiger charge is -2.30. The first kappa shape index (κ1) is 23.2. The highest BCUT2D eigenvalue weighted by Gasteiger charge is 2.33. The van der Waals surface area contributed by atoms with E-state index < -0.39 is 15.9 Å². The minimum atomic E-state index is -3.61. The topological polar surface area (TPSA) is 71.7 Å². The molecule has 9 heteroatoms. The Balaban J connectivity index is 1.63. The van der Waals surface area contributed by atoms with E-state index in [2.05, 4.69) is 34.7 Å². The number of thiazole rings is 1. The number of rotatable bonds is 6. The van der Waals surface area contributed by atoms with Crippen LogP contribution in [0.25, 0.3) is 10.2 Å². The monoisotopic (exact) mass is 489 g/mol. The van der Waals surface area contributed by atoms with Gasteiger partial charge in [-0.2, -0.15) is 9.30 Å². The van der Waals surface area contributed by atoms with Crippen LogP contribution in [0.15, 0.2) is 63.3 Å². The SMILES string of the molecule is CCCn1c(=NC(=O)C2CCCN(S(=O)(=O)c3ccccc3)C2)sc2cc(SC)ccc21. The molecule has 0 N–H and O–H groups in total. The van der Waals surface area contributed by atoms with Crippen molar-refractivity contribution >= 4 is 49.2 Å². The van der Waals surface area contributed by atoms with E-state index in [0.717, 1.165) is 23.2 Å². The predicted octanol–water partition coefficient (Wildman–Crippen LogP) is 4.36. The molecular weight excluding hydrogens is 462 g/mol. The molecule has 1 fully saturated rings. The van der Waals surface area contributed by atoms with Crippen molar-refractivity contribution in [3.05, 3.63) is 53.3 Å². The fourth-order valence-corrected chi connectivity index (χ4v) is 7.16. The third kappa shape index (κ3) is 4.71. The molecule has 4 rings (SSSR count). The highest BCUT2D eigenvalue weighted by atomic mass is 32.2. The van der Waals surface area contributed by atoms with Crippen molar-refractivity contribution in [3.63, 3.8) is 0 Å². The number of sulfonamides is 1. The van der Waals surface area contributed by atoms with Crippen molar-refractivity contribution in [3.8, 4) is 0 Å². The maximum atomic E-state index is 13.1. The zero-order valence-corrected chi connectivity index (χ0v) is 20.7. The van der Waals surface area contributed by atoms with Crippen molar-refractivity contribution in [1.82, 2.24) is 8.87 Å². The van der Waals surface area contributed by atoms with Gasteiger partial charge in [0.05, 0.1) is 21.0 Å². The fraction of sp³-hybridized carbons (Fsp3) is 0.391. The summed E-state index contributed by atoms with van der Waals surface area (Å²) in [5.41, 5.74) is 1.08. The third-order valence-electron chi connectivity index (χ3n) is 5.66. The van der Waals surface area contributed by atoms with E-state index in [0.29, 0.717) is 24.2 Å². The van der Waals surface area contributed by atoms with Gasteiger partial charge in [-0.15, -0.1) is 11.8 Å². The first-order valence-corrected chi connectivity index (χ1v) is 14.2. The summed E-state index contributed by atoms with van der Waals surface area (Å²) in [6.07, 6.45) is 4.28. The Bertz CT molecular complexity index is 1280. The molecule has 1 aliphatic rings. The molecule has 0 spiro atoms. The van der Waals surface area contributed by atoms with Gasteiger partial charge in [0.2, 0.25) is 10.0 Å². The van der Waals surface area contributed by atoms with E-state index >= 15 is 0 Å². The molecule has 0 saturated carbocycles. The van der Waals surface area contributed by atoms with Crippen LogP contribution in [0.4, 0.5) is 0 Å². The normalized spacial score (nSPS) is 18.3. The molecule has 0 bridgehead atoms. The molecule has 3 aromatic rings. The molecule has 0 aliphatic carbocycles. The van der Waals surface area contributed by atoms with Gasteiger partial charge in [0, 0.05) is 24.5 Å². The molecule has 1 aliphatic heterocycles. The number of amides is 1. The maximum Gasteiger partial charge on any atom is 0.252 e. The Morgan fingerprint density at radius 2 is 2.00 bits per heavy atom. The van der Waals surface area contributed by atoms with E-state index in [1.165, 1.54) is 20.5 Å². The van der Waals surface area contributed by atoms with Crippen molar-refractivity contribution in [1.29, 1.82) is 0 Å². The van der Waals surface area contributed by atoms with Gasteiger partial charge in [0.1, 0.15) is 0 Å². The highest BCUT2D eigenvalue weighted by Crippen LogP contribution is 2.26. The standard InChI is InChI=1S/C23H27N3O3S3/c1-3-13-26-20-12-11-18(30-2)15-21(20)31-23(26)24-22(27)17-8-7-14-25(16-17)32(28,29)19-9-5-4-6-10-19/h4-6,9-12,15,17H,3,7-8,13-14,16H2,1-2H3. The molecule has 0 radical (unpaired) electrons. The number of hydrogen-bond donors (Lipinski definition) is 0. The van der Waals surface area contributed by atoms with Crippen molar-refractivity contribution in [2.24, 2.45) is 10.9 Å². The number of piperidine rings is 1. The van der Waals surface area contributed by atoms with Crippen molar-refractivity contribution < 1.29 is 13.2 Å². The number of nitrogens with zero attached hydrogens (tertiary/aromatic N) is 3. The van der Waals surface area contributed by atoms with Gasteiger partial charge in [-0.25, -0.2) is 8.42 Å². The van der Waals surface area contributed by atoms with Crippen LogP contribution in [0.3, 0.4) is 0 Å². The van der Waals surface area contributed by atoms with Crippen LogP contribution in [-0.2, 0) is 21.4 Å². The Morgan fingerprint density at radius 1 is 1.22 bits per heavy atom. The predicted molar refractivity (Wildman–Crippen MR) is 130 cm³/mol. The van der Waals surface area contributed by atoms with Crippen LogP contribution in [0.5, 0.6) is 0 Å². The Hall–Kier alpha value is -1.94. The minimum Gasteiger partial charge on any atom is -0.316 e. The molecule has 2 aromatic carbocycles. The van der Waals surface area contributed by atoms with E-state index in [9.17, 15) is 13.2 Å². The number of thioether (sulfide) groups is 1. The average molecular weight is 490 g/mol. The molecular formula is C23H27N3O3S3. The summed E-state index contributed by atoms with van der Waals surface area (Å²) < 4.78 is 30.7. The van der Waals surface area contributed by atoms with Crippen LogP contribution in [-0.4, -0.2) is 42.5 Å². The number of aryl methyl sites for hydroxylation is 1. The maximum absolute atomic E-state index is 13.1. The molecule has 1 aromatic heterocycles. The van der Waals surface area contributed by atoms with Gasteiger partial charge in [0.15, 0.2) is 4.80 Å². The van der Waals surface area contributed by atoms with Gasteiger partial charge < -0.3 is 4.57 Å². The largest absolute Gasteiger partial charge is 0.316 e. The number of aromatic nitrogens is 1. The third-order valence-corrected chi connectivity index (χ3v) is 9.30. The second-order valence-electron chi connectivity index (χ2n) is 7.84. The van der Waals surface area contributed by atoms with E-state index in [1.54, 1.807) is 42.1 Å². The van der Waals surface area contributed by atoms with E-state index in [4.69, 9.17) is 0 Å². The lowest BCUT2D eigenvalue weighted by molar-refractivity contribution is -0.122. The number of fused-ring (bicyclic) bond motifs is 1. The minimum absolute atomic E-state index is 0.175. The summed E-state index contributed by atoms with van der Waals surface area (Å²) >= 11 is 3.21. The summed E-state index contributed by atoms with van der Waals surface area (Å²) in [5.74, 6) is -0.663. The van der Waals surface area contributed by atoms with Crippen LogP contribution in [0.1, 0.15) is 26.2 Å². The van der Waals surface area contributed by atoms with E-state index in [1.807, 2.05) is 6.26 Å². The van der Waals surface area contributed by atoms with Crippen molar-refractivity contribution in [2.75, 3.05) is 19.3 Å². The summed E-state index contributed by atoms with van der Waals surface area (Å²) in [5, 5.41) is 0. The first-order valence-electron chi connectivity index (χ1n) is 10.7. The molecule has 2 heterocycles. The molecule has 170 valence electrons. The van der Waals surface area contributed by atoms with Gasteiger partial charge in [-0.1, -0.05) is 36.5 Å². The summed E-state index contributed by atoms with van der Waals surface area (Å²) in [6, 6.07) is 14.7. The average Bonchev–Trinajstić information content (AvgIpc) is 3.16. The lowest BCUT2D eigenvalue weighted by atomic mass is 9.99. The van der Waals surface area contributed by atoms with Crippen LogP contribution in [0, 0.1) is 5.92 Å². The Morgan fingerprint density at radius 3 is 2.72 bits per heavy atom. The van der Waals surface area contributed by atoms with Crippen LogP contribution >= 0.6 is 23.1 Å². The quantitative estimate of drug-likeness (QED) is 0.482. The van der Waals surface area contributed by atoms with Gasteiger partial charge in [-0.05, 0) is 55.9 Å². The Kier molecular flexibility index (Phi) is 7.19.